The fourth-order valence-electron chi connectivity index (χ4n) is 3.63. The van der Waals surface area contributed by atoms with Crippen LogP contribution in [-0.2, 0) is 29.1 Å². The van der Waals surface area contributed by atoms with Gasteiger partial charge in [0.05, 0.1) is 14.2 Å². The predicted molar refractivity (Wildman–Crippen MR) is 111 cm³/mol. The third kappa shape index (κ3) is 4.88. The minimum atomic E-state index is -0.139. The highest BCUT2D eigenvalue weighted by Gasteiger charge is 2.25. The second-order valence-electron chi connectivity index (χ2n) is 7.11. The first kappa shape index (κ1) is 20.7. The maximum atomic E-state index is 12.8. The summed E-state index contributed by atoms with van der Waals surface area (Å²) in [7, 11) is 3.21. The van der Waals surface area contributed by atoms with Crippen molar-refractivity contribution in [1.29, 1.82) is 0 Å². The molecule has 0 fully saturated rings. The molecule has 0 saturated carbocycles. The second-order valence-corrected chi connectivity index (χ2v) is 7.11. The molecule has 2 aromatic rings. The van der Waals surface area contributed by atoms with Crippen molar-refractivity contribution in [3.8, 4) is 11.5 Å². The zero-order chi connectivity index (χ0) is 20.8. The Labute approximate surface area is 172 Å². The topological polar surface area (TPSA) is 59.1 Å². The van der Waals surface area contributed by atoms with Crippen molar-refractivity contribution in [3.63, 3.8) is 0 Å². The van der Waals surface area contributed by atoms with Crippen LogP contribution in [0.15, 0.2) is 42.5 Å². The van der Waals surface area contributed by atoms with Crippen LogP contribution < -0.4 is 9.47 Å². The molecule has 29 heavy (non-hydrogen) atoms. The summed E-state index contributed by atoms with van der Waals surface area (Å²) in [5.41, 5.74) is 3.24. The molecular weight excluding hydrogens is 368 g/mol. The average Bonchev–Trinajstić information content (AvgIpc) is 2.76. The second kappa shape index (κ2) is 9.45. The summed E-state index contributed by atoms with van der Waals surface area (Å²) >= 11 is 0. The van der Waals surface area contributed by atoms with Crippen LogP contribution in [0.2, 0.25) is 0 Å². The molecule has 0 bridgehead atoms. The van der Waals surface area contributed by atoms with Gasteiger partial charge in [-0.1, -0.05) is 30.3 Å². The summed E-state index contributed by atoms with van der Waals surface area (Å²) in [5, 5.41) is 0. The Kier molecular flexibility index (Phi) is 6.75. The van der Waals surface area contributed by atoms with Crippen LogP contribution in [0, 0.1) is 0 Å². The van der Waals surface area contributed by atoms with E-state index in [4.69, 9.17) is 9.47 Å². The van der Waals surface area contributed by atoms with Gasteiger partial charge in [-0.25, -0.2) is 0 Å². The number of carbonyl (C=O) groups is 2. The number of carbonyl (C=O) groups excluding carboxylic acids is 2. The Bertz CT molecular complexity index is 867. The van der Waals surface area contributed by atoms with Crippen LogP contribution in [0.1, 0.15) is 30.0 Å². The number of rotatable bonds is 7. The van der Waals surface area contributed by atoms with E-state index in [9.17, 15) is 9.59 Å². The third-order valence-corrected chi connectivity index (χ3v) is 5.32. The Morgan fingerprint density at radius 3 is 2.31 bits per heavy atom. The molecule has 1 aliphatic rings. The largest absolute Gasteiger partial charge is 0.493 e. The summed E-state index contributed by atoms with van der Waals surface area (Å²) in [4.78, 5) is 29.0. The first-order chi connectivity index (χ1) is 14.0. The average molecular weight is 396 g/mol. The Hall–Kier alpha value is -3.02. The van der Waals surface area contributed by atoms with Gasteiger partial charge in [-0.05, 0) is 42.2 Å². The molecule has 0 aliphatic carbocycles. The summed E-state index contributed by atoms with van der Waals surface area (Å²) in [6.45, 7) is 4.10. The molecule has 1 aliphatic heterocycles. The van der Waals surface area contributed by atoms with Crippen molar-refractivity contribution in [2.75, 3.05) is 27.3 Å². The van der Waals surface area contributed by atoms with Gasteiger partial charge in [0.1, 0.15) is 6.42 Å². The van der Waals surface area contributed by atoms with Crippen molar-refractivity contribution in [3.05, 3.63) is 59.2 Å². The van der Waals surface area contributed by atoms with Gasteiger partial charge >= 0.3 is 0 Å². The molecule has 0 spiro atoms. The molecule has 6 nitrogen and oxygen atoms in total. The lowest BCUT2D eigenvalue weighted by Gasteiger charge is -2.30. The molecule has 6 heteroatoms. The van der Waals surface area contributed by atoms with E-state index in [-0.39, 0.29) is 18.2 Å². The minimum absolute atomic E-state index is 0.108. The van der Waals surface area contributed by atoms with Gasteiger partial charge in [-0.3, -0.25) is 9.59 Å². The molecule has 0 saturated heterocycles. The molecule has 2 amide bonds. The molecule has 3 rings (SSSR count). The summed E-state index contributed by atoms with van der Waals surface area (Å²) in [6, 6.07) is 13.7. The summed E-state index contributed by atoms with van der Waals surface area (Å²) < 4.78 is 10.7. The van der Waals surface area contributed by atoms with Crippen molar-refractivity contribution in [1.82, 2.24) is 9.80 Å². The fraction of sp³-hybridized carbons (Fsp3) is 0.391. The van der Waals surface area contributed by atoms with Crippen LogP contribution in [0.25, 0.3) is 0 Å². The van der Waals surface area contributed by atoms with Gasteiger partial charge in [0.15, 0.2) is 11.5 Å². The van der Waals surface area contributed by atoms with E-state index < -0.39 is 0 Å². The summed E-state index contributed by atoms with van der Waals surface area (Å²) in [5.74, 6) is 1.07. The predicted octanol–water partition coefficient (Wildman–Crippen LogP) is 3.03. The number of fused-ring (bicyclic) bond motifs is 1. The first-order valence-electron chi connectivity index (χ1n) is 9.89. The van der Waals surface area contributed by atoms with Crippen LogP contribution in [-0.4, -0.2) is 48.9 Å². The van der Waals surface area contributed by atoms with E-state index in [1.165, 1.54) is 0 Å². The van der Waals surface area contributed by atoms with Crippen molar-refractivity contribution >= 4 is 11.8 Å². The number of nitrogens with zero attached hydrogens (tertiary/aromatic N) is 2. The van der Waals surface area contributed by atoms with E-state index in [2.05, 4.69) is 0 Å². The number of amides is 2. The fourth-order valence-corrected chi connectivity index (χ4v) is 3.63. The highest BCUT2D eigenvalue weighted by Crippen LogP contribution is 2.33. The Morgan fingerprint density at radius 1 is 1.03 bits per heavy atom. The maximum Gasteiger partial charge on any atom is 0.232 e. The van der Waals surface area contributed by atoms with Gasteiger partial charge in [-0.2, -0.15) is 0 Å². The number of hydrogen-bond donors (Lipinski definition) is 0. The SMILES string of the molecule is CCN(Cc1ccccc1)C(=O)CC(=O)N1CCc2cc(OC)c(OC)cc2C1. The third-order valence-electron chi connectivity index (χ3n) is 5.32. The molecular formula is C23H28N2O4. The van der Waals surface area contributed by atoms with Gasteiger partial charge in [-0.15, -0.1) is 0 Å². The standard InChI is InChI=1S/C23H28N2O4/c1-4-24(15-17-8-6-5-7-9-17)22(26)14-23(27)25-11-10-18-12-20(28-2)21(29-3)13-19(18)16-25/h5-9,12-13H,4,10-11,14-16H2,1-3H3. The maximum absolute atomic E-state index is 12.8. The van der Waals surface area contributed by atoms with E-state index in [1.807, 2.05) is 49.4 Å². The smallest absolute Gasteiger partial charge is 0.232 e. The lowest BCUT2D eigenvalue weighted by molar-refractivity contribution is -0.141. The molecule has 1 heterocycles. The van der Waals surface area contributed by atoms with E-state index in [1.54, 1.807) is 24.0 Å². The summed E-state index contributed by atoms with van der Waals surface area (Å²) in [6.07, 6.45) is 0.625. The monoisotopic (exact) mass is 396 g/mol. The van der Waals surface area contributed by atoms with E-state index in [0.29, 0.717) is 37.7 Å². The number of methoxy groups -OCH3 is 2. The highest BCUT2D eigenvalue weighted by molar-refractivity contribution is 5.97. The van der Waals surface area contributed by atoms with Crippen LogP contribution in [0.3, 0.4) is 0 Å². The zero-order valence-electron chi connectivity index (χ0n) is 17.3. The lowest BCUT2D eigenvalue weighted by Crippen LogP contribution is -2.40. The van der Waals surface area contributed by atoms with Gasteiger partial charge in [0, 0.05) is 26.2 Å². The van der Waals surface area contributed by atoms with Gasteiger partial charge in [0.2, 0.25) is 11.8 Å². The molecule has 2 aromatic carbocycles. The van der Waals surface area contributed by atoms with Gasteiger partial charge < -0.3 is 19.3 Å². The van der Waals surface area contributed by atoms with Crippen molar-refractivity contribution in [2.45, 2.75) is 32.9 Å². The minimum Gasteiger partial charge on any atom is -0.493 e. The Balaban J connectivity index is 1.64. The molecule has 0 radical (unpaired) electrons. The number of hydrogen-bond acceptors (Lipinski definition) is 4. The zero-order valence-corrected chi connectivity index (χ0v) is 17.3. The van der Waals surface area contributed by atoms with Crippen LogP contribution in [0.5, 0.6) is 11.5 Å². The molecule has 154 valence electrons. The number of benzene rings is 2. The first-order valence-corrected chi connectivity index (χ1v) is 9.89. The lowest BCUT2D eigenvalue weighted by atomic mass is 9.98. The molecule has 0 atom stereocenters. The Morgan fingerprint density at radius 2 is 1.69 bits per heavy atom. The van der Waals surface area contributed by atoms with Gasteiger partial charge in [0.25, 0.3) is 0 Å². The quantitative estimate of drug-likeness (QED) is 0.675. The molecule has 0 N–H and O–H groups in total. The van der Waals surface area contributed by atoms with E-state index >= 15 is 0 Å². The van der Waals surface area contributed by atoms with E-state index in [0.717, 1.165) is 23.1 Å². The van der Waals surface area contributed by atoms with Crippen LogP contribution >= 0.6 is 0 Å². The normalized spacial score (nSPS) is 12.9. The highest BCUT2D eigenvalue weighted by atomic mass is 16.5. The van der Waals surface area contributed by atoms with Crippen molar-refractivity contribution in [2.24, 2.45) is 0 Å². The van der Waals surface area contributed by atoms with Crippen molar-refractivity contribution < 1.29 is 19.1 Å². The molecule has 0 unspecified atom stereocenters. The molecule has 0 aromatic heterocycles. The number of ether oxygens (including phenoxy) is 2. The van der Waals surface area contributed by atoms with Crippen LogP contribution in [0.4, 0.5) is 0 Å².